The molecule has 0 fully saturated rings. The molecule has 1 radical (unpaired) electrons. The fraction of sp³-hybridized carbons (Fsp3) is 0.667. The van der Waals surface area contributed by atoms with Gasteiger partial charge >= 0.3 is 17.1 Å². The summed E-state index contributed by atoms with van der Waals surface area (Å²) in [6.45, 7) is 7.11. The van der Waals surface area contributed by atoms with E-state index in [0.29, 0.717) is 0 Å². The van der Waals surface area contributed by atoms with Crippen molar-refractivity contribution in [2.24, 2.45) is 11.8 Å². The van der Waals surface area contributed by atoms with Gasteiger partial charge in [0, 0.05) is 12.8 Å². The van der Waals surface area contributed by atoms with Crippen molar-refractivity contribution in [3.63, 3.8) is 0 Å². The number of aliphatic carboxylic acids is 2. The van der Waals surface area contributed by atoms with Crippen LogP contribution in [0.25, 0.3) is 0 Å². The molecular weight excluding hydrogens is 304 g/mol. The fourth-order valence-corrected chi connectivity index (χ4v) is 0.908. The number of carbonyl (C=O) groups excluding carboxylic acids is 4. The van der Waals surface area contributed by atoms with Gasteiger partial charge in [0.25, 0.3) is 0 Å². The van der Waals surface area contributed by atoms with Gasteiger partial charge in [0.2, 0.25) is 0 Å². The van der Waals surface area contributed by atoms with Gasteiger partial charge in [-0.05, 0) is 11.8 Å². The molecule has 0 amide bonds. The minimum Gasteiger partial charge on any atom is -0.542 e. The summed E-state index contributed by atoms with van der Waals surface area (Å²) in [6, 6.07) is 0. The monoisotopic (exact) mass is 321 g/mol. The Hall–Kier alpha value is -1.20. The second-order valence-electron chi connectivity index (χ2n) is 4.62. The molecule has 19 heavy (non-hydrogen) atoms. The third kappa shape index (κ3) is 16.8. The first-order valence-corrected chi connectivity index (χ1v) is 5.56. The largest absolute Gasteiger partial charge is 2.00 e. The fourth-order valence-electron chi connectivity index (χ4n) is 0.908. The van der Waals surface area contributed by atoms with Gasteiger partial charge in [-0.25, -0.2) is 0 Å². The van der Waals surface area contributed by atoms with Crippen LogP contribution in [0.5, 0.6) is 0 Å². The van der Waals surface area contributed by atoms with Crippen LogP contribution in [-0.4, -0.2) is 23.5 Å². The summed E-state index contributed by atoms with van der Waals surface area (Å²) in [4.78, 5) is 40.1. The summed E-state index contributed by atoms with van der Waals surface area (Å²) in [6.07, 6.45) is 0.144. The molecular formula is C12H18CuO6. The Morgan fingerprint density at radius 3 is 1.00 bits per heavy atom. The van der Waals surface area contributed by atoms with E-state index in [1.807, 2.05) is 0 Å². The third-order valence-electron chi connectivity index (χ3n) is 1.64. The Morgan fingerprint density at radius 1 is 0.737 bits per heavy atom. The summed E-state index contributed by atoms with van der Waals surface area (Å²) < 4.78 is 0. The molecule has 0 aromatic heterocycles. The first kappa shape index (κ1) is 22.9. The van der Waals surface area contributed by atoms with Gasteiger partial charge in [0.1, 0.15) is 11.9 Å². The molecule has 0 rings (SSSR count). The number of carboxylic acid groups (broad SMARTS) is 2. The predicted octanol–water partition coefficient (Wildman–Crippen LogP) is -1.30. The smallest absolute Gasteiger partial charge is 0.542 e. The molecule has 7 heteroatoms. The SMILES string of the molecule is CC(C)CC(=O)C(=O)[O-].CC(C)CC(=O)C(=O)[O-].[Cu+2]. The summed E-state index contributed by atoms with van der Waals surface area (Å²) in [5.41, 5.74) is 0. The zero-order valence-corrected chi connectivity index (χ0v) is 12.3. The van der Waals surface area contributed by atoms with Gasteiger partial charge in [-0.3, -0.25) is 9.59 Å². The predicted molar refractivity (Wildman–Crippen MR) is 58.9 cm³/mol. The second-order valence-corrected chi connectivity index (χ2v) is 4.62. The number of ketones is 2. The molecule has 6 nitrogen and oxygen atoms in total. The molecule has 0 aliphatic carbocycles. The van der Waals surface area contributed by atoms with Crippen LogP contribution >= 0.6 is 0 Å². The van der Waals surface area contributed by atoms with E-state index in [0.717, 1.165) is 0 Å². The molecule has 0 aliphatic rings. The maximum Gasteiger partial charge on any atom is 2.00 e. The van der Waals surface area contributed by atoms with Gasteiger partial charge in [-0.15, -0.1) is 0 Å². The molecule has 0 saturated carbocycles. The van der Waals surface area contributed by atoms with E-state index < -0.39 is 23.5 Å². The molecule has 0 heterocycles. The summed E-state index contributed by atoms with van der Waals surface area (Å²) >= 11 is 0. The number of hydrogen-bond donors (Lipinski definition) is 0. The summed E-state index contributed by atoms with van der Waals surface area (Å²) in [5.74, 6) is -4.60. The number of Topliss-reactive ketones (excluding diaryl/α,β-unsaturated/α-hetero) is 2. The number of carboxylic acids is 2. The normalized spacial score (nSPS) is 9.16. The Kier molecular flexibility index (Phi) is 14.3. The molecule has 0 unspecified atom stereocenters. The number of rotatable bonds is 6. The van der Waals surface area contributed by atoms with Crippen LogP contribution in [0.3, 0.4) is 0 Å². The second kappa shape index (κ2) is 11.9. The Morgan fingerprint density at radius 2 is 0.947 bits per heavy atom. The molecule has 0 atom stereocenters. The number of carbonyl (C=O) groups is 4. The quantitative estimate of drug-likeness (QED) is 0.443. The molecule has 0 spiro atoms. The first-order chi connectivity index (χ1) is 8.07. The van der Waals surface area contributed by atoms with Gasteiger partial charge < -0.3 is 19.8 Å². The van der Waals surface area contributed by atoms with Crippen molar-refractivity contribution in [1.29, 1.82) is 0 Å². The van der Waals surface area contributed by atoms with E-state index in [9.17, 15) is 29.4 Å². The van der Waals surface area contributed by atoms with E-state index in [1.54, 1.807) is 27.7 Å². The average Bonchev–Trinajstić information content (AvgIpc) is 2.16. The van der Waals surface area contributed by atoms with Crippen molar-refractivity contribution in [1.82, 2.24) is 0 Å². The van der Waals surface area contributed by atoms with Crippen LogP contribution in [0.4, 0.5) is 0 Å². The van der Waals surface area contributed by atoms with Crippen LogP contribution < -0.4 is 10.2 Å². The topological polar surface area (TPSA) is 114 Å². The molecule has 0 N–H and O–H groups in total. The Balaban J connectivity index is -0.000000256. The van der Waals surface area contributed by atoms with Crippen molar-refractivity contribution in [2.45, 2.75) is 40.5 Å². The van der Waals surface area contributed by atoms with Crippen molar-refractivity contribution < 1.29 is 46.5 Å². The van der Waals surface area contributed by atoms with Crippen LogP contribution in [0, 0.1) is 11.8 Å². The van der Waals surface area contributed by atoms with Crippen LogP contribution in [0.15, 0.2) is 0 Å². The molecule has 113 valence electrons. The van der Waals surface area contributed by atoms with Crippen molar-refractivity contribution >= 4 is 23.5 Å². The van der Waals surface area contributed by atoms with Crippen LogP contribution in [-0.2, 0) is 36.2 Å². The zero-order chi connectivity index (χ0) is 14.9. The van der Waals surface area contributed by atoms with Gasteiger partial charge in [-0.2, -0.15) is 0 Å². The average molecular weight is 322 g/mol. The van der Waals surface area contributed by atoms with Crippen molar-refractivity contribution in [3.05, 3.63) is 0 Å². The molecule has 0 saturated heterocycles. The maximum atomic E-state index is 10.3. The summed E-state index contributed by atoms with van der Waals surface area (Å²) in [5, 5.41) is 19.5. The Labute approximate surface area is 123 Å². The number of hydrogen-bond acceptors (Lipinski definition) is 6. The maximum absolute atomic E-state index is 10.3. The van der Waals surface area contributed by atoms with E-state index >= 15 is 0 Å². The van der Waals surface area contributed by atoms with E-state index in [2.05, 4.69) is 0 Å². The minimum atomic E-state index is -1.58. The molecule has 0 aliphatic heterocycles. The minimum absolute atomic E-state index is 0. The standard InChI is InChI=1S/2C6H10O3.Cu/c2*1-4(2)3-5(7)6(8)9;/h2*4H,3H2,1-2H3,(H,8,9);/q;;+2/p-2. The van der Waals surface area contributed by atoms with Crippen molar-refractivity contribution in [2.75, 3.05) is 0 Å². The zero-order valence-electron chi connectivity index (χ0n) is 11.3. The first-order valence-electron chi connectivity index (χ1n) is 5.56. The van der Waals surface area contributed by atoms with Gasteiger partial charge in [-0.1, -0.05) is 27.7 Å². The van der Waals surface area contributed by atoms with E-state index in [-0.39, 0.29) is 41.7 Å². The third-order valence-corrected chi connectivity index (χ3v) is 1.64. The van der Waals surface area contributed by atoms with E-state index in [1.165, 1.54) is 0 Å². The van der Waals surface area contributed by atoms with E-state index in [4.69, 9.17) is 0 Å². The van der Waals surface area contributed by atoms with Gasteiger partial charge in [0.05, 0.1) is 0 Å². The van der Waals surface area contributed by atoms with Crippen molar-refractivity contribution in [3.8, 4) is 0 Å². The molecule has 0 aromatic carbocycles. The van der Waals surface area contributed by atoms with Crippen LogP contribution in [0.1, 0.15) is 40.5 Å². The summed E-state index contributed by atoms with van der Waals surface area (Å²) in [7, 11) is 0. The van der Waals surface area contributed by atoms with Crippen LogP contribution in [0.2, 0.25) is 0 Å². The van der Waals surface area contributed by atoms with Gasteiger partial charge in [0.15, 0.2) is 11.6 Å². The molecule has 0 bridgehead atoms. The molecule has 0 aromatic rings. The Bertz CT molecular complexity index is 290.